The molecule has 0 aliphatic heterocycles. The van der Waals surface area contributed by atoms with Crippen LogP contribution in [0.5, 0.6) is 0 Å². The van der Waals surface area contributed by atoms with Crippen LogP contribution in [0.1, 0.15) is 44.1 Å². The molecular formula is C16H25N3O. The van der Waals surface area contributed by atoms with Crippen LogP contribution in [0.25, 0.3) is 0 Å². The molecule has 1 aliphatic carbocycles. The number of carbonyl (C=O) groups excluding carboxylic acids is 1. The third-order valence-electron chi connectivity index (χ3n) is 4.11. The summed E-state index contributed by atoms with van der Waals surface area (Å²) in [6, 6.07) is 7.66. The van der Waals surface area contributed by atoms with Gasteiger partial charge in [0.05, 0.1) is 5.54 Å². The number of nitrogens with one attached hydrogen (secondary N) is 2. The average molecular weight is 275 g/mol. The van der Waals surface area contributed by atoms with E-state index < -0.39 is 0 Å². The monoisotopic (exact) mass is 275 g/mol. The summed E-state index contributed by atoms with van der Waals surface area (Å²) in [7, 11) is 0. The Labute approximate surface area is 121 Å². The number of hydrogen-bond donors (Lipinski definition) is 3. The van der Waals surface area contributed by atoms with E-state index in [1.165, 1.54) is 12.8 Å². The number of aryl methyl sites for hydroxylation is 1. The standard InChI is InChI=1S/C16H25N3O/c1-13-7-6-8-14(11-13)18-15(20)19-16(12-17)9-4-2-3-5-10-16/h6-8,11H,2-5,9-10,12,17H2,1H3,(H2,18,19,20). The maximum absolute atomic E-state index is 12.2. The van der Waals surface area contributed by atoms with Gasteiger partial charge in [0, 0.05) is 12.2 Å². The van der Waals surface area contributed by atoms with Crippen molar-refractivity contribution in [3.8, 4) is 0 Å². The van der Waals surface area contributed by atoms with Gasteiger partial charge in [0.2, 0.25) is 0 Å². The Kier molecular flexibility index (Phi) is 5.01. The van der Waals surface area contributed by atoms with Crippen molar-refractivity contribution in [3.63, 3.8) is 0 Å². The molecule has 1 aromatic carbocycles. The zero-order valence-corrected chi connectivity index (χ0v) is 12.2. The molecule has 1 saturated carbocycles. The van der Waals surface area contributed by atoms with Crippen molar-refractivity contribution in [1.82, 2.24) is 5.32 Å². The fourth-order valence-electron chi connectivity index (χ4n) is 2.91. The molecule has 4 heteroatoms. The number of hydrogen-bond acceptors (Lipinski definition) is 2. The number of anilines is 1. The zero-order chi connectivity index (χ0) is 14.4. The highest BCUT2D eigenvalue weighted by atomic mass is 16.2. The highest BCUT2D eigenvalue weighted by Gasteiger charge is 2.31. The summed E-state index contributed by atoms with van der Waals surface area (Å²) in [4.78, 5) is 12.2. The second kappa shape index (κ2) is 6.75. The Morgan fingerprint density at radius 3 is 2.55 bits per heavy atom. The van der Waals surface area contributed by atoms with Gasteiger partial charge in [-0.25, -0.2) is 4.79 Å². The lowest BCUT2D eigenvalue weighted by Gasteiger charge is -2.32. The summed E-state index contributed by atoms with van der Waals surface area (Å²) in [5.74, 6) is 0. The lowest BCUT2D eigenvalue weighted by molar-refractivity contribution is 0.230. The van der Waals surface area contributed by atoms with E-state index in [-0.39, 0.29) is 11.6 Å². The van der Waals surface area contributed by atoms with E-state index in [1.54, 1.807) is 0 Å². The molecule has 0 saturated heterocycles. The van der Waals surface area contributed by atoms with Gasteiger partial charge in [-0.1, -0.05) is 37.8 Å². The highest BCUT2D eigenvalue weighted by Crippen LogP contribution is 2.26. The van der Waals surface area contributed by atoms with Crippen LogP contribution in [0.15, 0.2) is 24.3 Å². The van der Waals surface area contributed by atoms with Gasteiger partial charge in [-0.15, -0.1) is 0 Å². The third-order valence-corrected chi connectivity index (χ3v) is 4.11. The fourth-order valence-corrected chi connectivity index (χ4v) is 2.91. The van der Waals surface area contributed by atoms with Crippen molar-refractivity contribution in [2.24, 2.45) is 5.73 Å². The van der Waals surface area contributed by atoms with Crippen molar-refractivity contribution in [2.75, 3.05) is 11.9 Å². The lowest BCUT2D eigenvalue weighted by Crippen LogP contribution is -2.54. The van der Waals surface area contributed by atoms with E-state index in [0.29, 0.717) is 6.54 Å². The van der Waals surface area contributed by atoms with Crippen LogP contribution < -0.4 is 16.4 Å². The Morgan fingerprint density at radius 1 is 1.25 bits per heavy atom. The normalized spacial score (nSPS) is 18.1. The van der Waals surface area contributed by atoms with Gasteiger partial charge in [0.25, 0.3) is 0 Å². The molecule has 1 fully saturated rings. The van der Waals surface area contributed by atoms with Crippen molar-refractivity contribution in [2.45, 2.75) is 51.0 Å². The summed E-state index contributed by atoms with van der Waals surface area (Å²) >= 11 is 0. The van der Waals surface area contributed by atoms with Crippen LogP contribution in [0.3, 0.4) is 0 Å². The van der Waals surface area contributed by atoms with Gasteiger partial charge >= 0.3 is 6.03 Å². The van der Waals surface area contributed by atoms with E-state index in [4.69, 9.17) is 5.73 Å². The first-order chi connectivity index (χ1) is 9.63. The quantitative estimate of drug-likeness (QED) is 0.742. The molecule has 0 aromatic heterocycles. The molecule has 0 spiro atoms. The first-order valence-electron chi connectivity index (χ1n) is 7.49. The molecule has 1 aliphatic rings. The van der Waals surface area contributed by atoms with Crippen LogP contribution in [-0.4, -0.2) is 18.1 Å². The molecule has 0 radical (unpaired) electrons. The van der Waals surface area contributed by atoms with Crippen molar-refractivity contribution < 1.29 is 4.79 Å². The summed E-state index contributed by atoms with van der Waals surface area (Å²) in [5.41, 5.74) is 7.65. The van der Waals surface area contributed by atoms with Gasteiger partial charge in [-0.2, -0.15) is 0 Å². The third kappa shape index (κ3) is 3.97. The van der Waals surface area contributed by atoms with E-state index in [2.05, 4.69) is 10.6 Å². The largest absolute Gasteiger partial charge is 0.331 e. The summed E-state index contributed by atoms with van der Waals surface area (Å²) in [6.07, 6.45) is 6.71. The van der Waals surface area contributed by atoms with Crippen molar-refractivity contribution in [3.05, 3.63) is 29.8 Å². The van der Waals surface area contributed by atoms with Crippen LogP contribution in [0, 0.1) is 6.92 Å². The van der Waals surface area contributed by atoms with Crippen LogP contribution in [0.2, 0.25) is 0 Å². The molecule has 0 unspecified atom stereocenters. The predicted molar refractivity (Wildman–Crippen MR) is 82.8 cm³/mol. The molecule has 0 bridgehead atoms. The minimum atomic E-state index is -0.232. The fraction of sp³-hybridized carbons (Fsp3) is 0.562. The zero-order valence-electron chi connectivity index (χ0n) is 12.2. The van der Waals surface area contributed by atoms with Gasteiger partial charge in [0.15, 0.2) is 0 Å². The van der Waals surface area contributed by atoms with Crippen molar-refractivity contribution >= 4 is 11.7 Å². The summed E-state index contributed by atoms with van der Waals surface area (Å²) in [6.45, 7) is 2.52. The minimum Gasteiger partial charge on any atom is -0.331 e. The van der Waals surface area contributed by atoms with Gasteiger partial charge in [0.1, 0.15) is 0 Å². The number of nitrogens with two attached hydrogens (primary N) is 1. The Bertz CT molecular complexity index is 451. The second-order valence-electron chi connectivity index (χ2n) is 5.85. The number of carbonyl (C=O) groups is 1. The van der Waals surface area contributed by atoms with E-state index in [0.717, 1.165) is 36.9 Å². The van der Waals surface area contributed by atoms with Crippen molar-refractivity contribution in [1.29, 1.82) is 0 Å². The molecule has 4 nitrogen and oxygen atoms in total. The predicted octanol–water partition coefficient (Wildman–Crippen LogP) is 3.17. The molecule has 0 atom stereocenters. The van der Waals surface area contributed by atoms with Crippen LogP contribution in [0.4, 0.5) is 10.5 Å². The molecule has 110 valence electrons. The summed E-state index contributed by atoms with van der Waals surface area (Å²) in [5, 5.41) is 6.02. The Hall–Kier alpha value is -1.55. The van der Waals surface area contributed by atoms with Gasteiger partial charge in [-0.3, -0.25) is 0 Å². The second-order valence-corrected chi connectivity index (χ2v) is 5.85. The molecule has 0 heterocycles. The smallest absolute Gasteiger partial charge is 0.319 e. The Morgan fingerprint density at radius 2 is 1.95 bits per heavy atom. The molecule has 1 aromatic rings. The number of benzene rings is 1. The van der Waals surface area contributed by atoms with Crippen LogP contribution in [-0.2, 0) is 0 Å². The van der Waals surface area contributed by atoms with Crippen LogP contribution >= 0.6 is 0 Å². The molecule has 20 heavy (non-hydrogen) atoms. The average Bonchev–Trinajstić information content (AvgIpc) is 2.65. The lowest BCUT2D eigenvalue weighted by atomic mass is 9.90. The maximum atomic E-state index is 12.2. The van der Waals surface area contributed by atoms with E-state index in [9.17, 15) is 4.79 Å². The number of amides is 2. The molecule has 2 amide bonds. The SMILES string of the molecule is Cc1cccc(NC(=O)NC2(CN)CCCCCC2)c1. The first kappa shape index (κ1) is 14.9. The number of rotatable bonds is 3. The molecular weight excluding hydrogens is 250 g/mol. The Balaban J connectivity index is 1.98. The van der Waals surface area contributed by atoms with E-state index >= 15 is 0 Å². The first-order valence-corrected chi connectivity index (χ1v) is 7.49. The van der Waals surface area contributed by atoms with E-state index in [1.807, 2.05) is 31.2 Å². The van der Waals surface area contributed by atoms with Gasteiger partial charge < -0.3 is 16.4 Å². The maximum Gasteiger partial charge on any atom is 0.319 e. The molecule has 2 rings (SSSR count). The number of urea groups is 1. The molecule has 4 N–H and O–H groups in total. The highest BCUT2D eigenvalue weighted by molar-refractivity contribution is 5.89. The minimum absolute atomic E-state index is 0.150. The van der Waals surface area contributed by atoms with Gasteiger partial charge in [-0.05, 0) is 37.5 Å². The topological polar surface area (TPSA) is 67.2 Å². The summed E-state index contributed by atoms with van der Waals surface area (Å²) < 4.78 is 0.